The van der Waals surface area contributed by atoms with Gasteiger partial charge in [-0.1, -0.05) is 18.2 Å². The fraction of sp³-hybridized carbons (Fsp3) is 0.200. The third kappa shape index (κ3) is 3.04. The molecule has 1 aromatic carbocycles. The fourth-order valence-corrected chi connectivity index (χ4v) is 1.14. The van der Waals surface area contributed by atoms with Crippen molar-refractivity contribution in [2.24, 2.45) is 5.73 Å². The van der Waals surface area contributed by atoms with Crippen LogP contribution in [0.3, 0.4) is 0 Å². The fourth-order valence-electron chi connectivity index (χ4n) is 1.14. The highest BCUT2D eigenvalue weighted by atomic mass is 16.5. The second kappa shape index (κ2) is 5.84. The Kier molecular flexibility index (Phi) is 4.43. The number of hydrogen-bond acceptors (Lipinski definition) is 4. The zero-order chi connectivity index (χ0) is 12.0. The van der Waals surface area contributed by atoms with Crippen LogP contribution in [0.2, 0.25) is 0 Å². The molecule has 0 saturated carbocycles. The van der Waals surface area contributed by atoms with Gasteiger partial charge in [0.1, 0.15) is 6.04 Å². The summed E-state index contributed by atoms with van der Waals surface area (Å²) >= 11 is 0. The molecule has 0 unspecified atom stereocenters. The summed E-state index contributed by atoms with van der Waals surface area (Å²) in [6, 6.07) is 7.46. The Morgan fingerprint density at radius 3 is 2.44 bits per heavy atom. The van der Waals surface area contributed by atoms with E-state index in [1.54, 1.807) is 30.3 Å². The molecule has 0 radical (unpaired) electrons. The first-order chi connectivity index (χ1) is 7.69. The smallest absolute Gasteiger partial charge is 0.267 e. The van der Waals surface area contributed by atoms with E-state index < -0.39 is 17.9 Å². The Labute approximate surface area is 92.4 Å². The van der Waals surface area contributed by atoms with Gasteiger partial charge in [0, 0.05) is 12.1 Å². The minimum atomic E-state index is -0.947. The largest absolute Gasteiger partial charge is 0.339 e. The van der Waals surface area contributed by atoms with E-state index in [2.05, 4.69) is 5.32 Å². The van der Waals surface area contributed by atoms with Crippen LogP contribution in [0.15, 0.2) is 30.3 Å². The van der Waals surface area contributed by atoms with E-state index in [4.69, 9.17) is 10.9 Å². The van der Waals surface area contributed by atoms with Gasteiger partial charge in [0.2, 0.25) is 0 Å². The molecule has 1 atom stereocenters. The average molecular weight is 223 g/mol. The molecule has 6 heteroatoms. The standard InChI is InChI=1S/C10H13N3O3/c11-6-8(10(15)13-16)12-9(14)7-4-2-1-3-5-7/h1-5,8,16H,6,11H2,(H,12,14)(H,13,15)/t8-/m1/s1. The Balaban J connectivity index is 2.66. The van der Waals surface area contributed by atoms with Crippen LogP contribution in [0.1, 0.15) is 10.4 Å². The van der Waals surface area contributed by atoms with Crippen molar-refractivity contribution in [3.8, 4) is 0 Å². The minimum absolute atomic E-state index is 0.0923. The molecule has 0 bridgehead atoms. The number of amides is 2. The predicted molar refractivity (Wildman–Crippen MR) is 56.7 cm³/mol. The molecule has 0 aliphatic heterocycles. The molecule has 2 amide bonds. The van der Waals surface area contributed by atoms with Crippen molar-refractivity contribution in [3.05, 3.63) is 35.9 Å². The highest BCUT2D eigenvalue weighted by Gasteiger charge is 2.18. The third-order valence-corrected chi connectivity index (χ3v) is 2.00. The molecule has 0 heterocycles. The molecule has 86 valence electrons. The first-order valence-electron chi connectivity index (χ1n) is 4.69. The predicted octanol–water partition coefficient (Wildman–Crippen LogP) is -0.751. The molecule has 0 fully saturated rings. The molecule has 0 aliphatic carbocycles. The summed E-state index contributed by atoms with van der Waals surface area (Å²) in [6.45, 7) is -0.0923. The van der Waals surface area contributed by atoms with E-state index in [0.29, 0.717) is 5.56 Å². The lowest BCUT2D eigenvalue weighted by Gasteiger charge is -2.14. The van der Waals surface area contributed by atoms with Crippen LogP contribution in [-0.2, 0) is 4.79 Å². The van der Waals surface area contributed by atoms with Crippen LogP contribution in [0.4, 0.5) is 0 Å². The van der Waals surface area contributed by atoms with E-state index in [1.807, 2.05) is 0 Å². The molecule has 16 heavy (non-hydrogen) atoms. The molecule has 0 aromatic heterocycles. The van der Waals surface area contributed by atoms with Gasteiger partial charge >= 0.3 is 0 Å². The van der Waals surface area contributed by atoms with Gasteiger partial charge in [0.25, 0.3) is 11.8 Å². The minimum Gasteiger partial charge on any atom is -0.339 e. The quantitative estimate of drug-likeness (QED) is 0.398. The van der Waals surface area contributed by atoms with Crippen molar-refractivity contribution < 1.29 is 14.8 Å². The Morgan fingerprint density at radius 1 is 1.31 bits per heavy atom. The number of carbonyl (C=O) groups is 2. The van der Waals surface area contributed by atoms with Gasteiger partial charge in [-0.05, 0) is 12.1 Å². The zero-order valence-electron chi connectivity index (χ0n) is 8.51. The van der Waals surface area contributed by atoms with Crippen molar-refractivity contribution >= 4 is 11.8 Å². The molecule has 1 rings (SSSR count). The maximum atomic E-state index is 11.6. The topological polar surface area (TPSA) is 104 Å². The molecule has 0 saturated heterocycles. The van der Waals surface area contributed by atoms with Crippen LogP contribution < -0.4 is 16.5 Å². The lowest BCUT2D eigenvalue weighted by Crippen LogP contribution is -2.50. The first kappa shape index (κ1) is 12.2. The monoisotopic (exact) mass is 223 g/mol. The Bertz CT molecular complexity index is 367. The van der Waals surface area contributed by atoms with Gasteiger partial charge in [-0.15, -0.1) is 0 Å². The van der Waals surface area contributed by atoms with Crippen LogP contribution in [0.25, 0.3) is 0 Å². The summed E-state index contributed by atoms with van der Waals surface area (Å²) in [5.41, 5.74) is 7.15. The number of hydroxylamine groups is 1. The molecule has 0 spiro atoms. The molecular formula is C10H13N3O3. The van der Waals surface area contributed by atoms with Crippen molar-refractivity contribution in [3.63, 3.8) is 0 Å². The normalized spacial score (nSPS) is 11.6. The molecular weight excluding hydrogens is 210 g/mol. The van der Waals surface area contributed by atoms with Gasteiger partial charge in [-0.25, -0.2) is 5.48 Å². The van der Waals surface area contributed by atoms with E-state index in [9.17, 15) is 9.59 Å². The second-order valence-electron chi connectivity index (χ2n) is 3.10. The average Bonchev–Trinajstić information content (AvgIpc) is 2.35. The van der Waals surface area contributed by atoms with E-state index in [-0.39, 0.29) is 6.54 Å². The van der Waals surface area contributed by atoms with Gasteiger partial charge < -0.3 is 11.1 Å². The van der Waals surface area contributed by atoms with Gasteiger partial charge in [0.05, 0.1) is 0 Å². The van der Waals surface area contributed by atoms with Gasteiger partial charge in [-0.2, -0.15) is 0 Å². The number of benzene rings is 1. The maximum absolute atomic E-state index is 11.6. The van der Waals surface area contributed by atoms with Crippen LogP contribution in [-0.4, -0.2) is 29.6 Å². The third-order valence-electron chi connectivity index (χ3n) is 2.00. The number of nitrogens with two attached hydrogens (primary N) is 1. The number of rotatable bonds is 4. The molecule has 6 nitrogen and oxygen atoms in total. The van der Waals surface area contributed by atoms with E-state index in [1.165, 1.54) is 5.48 Å². The Hall–Kier alpha value is -1.92. The highest BCUT2D eigenvalue weighted by Crippen LogP contribution is 1.98. The lowest BCUT2D eigenvalue weighted by molar-refractivity contribution is -0.130. The van der Waals surface area contributed by atoms with Crippen molar-refractivity contribution in [1.29, 1.82) is 0 Å². The van der Waals surface area contributed by atoms with Crippen LogP contribution in [0, 0.1) is 0 Å². The SMILES string of the molecule is NC[C@@H](NC(=O)c1ccccc1)C(=O)NO. The number of carbonyl (C=O) groups excluding carboxylic acids is 2. The summed E-state index contributed by atoms with van der Waals surface area (Å²) in [4.78, 5) is 22.7. The summed E-state index contributed by atoms with van der Waals surface area (Å²) in [7, 11) is 0. The maximum Gasteiger partial charge on any atom is 0.267 e. The summed E-state index contributed by atoms with van der Waals surface area (Å²) in [5, 5.41) is 10.8. The van der Waals surface area contributed by atoms with Crippen molar-refractivity contribution in [1.82, 2.24) is 10.8 Å². The highest BCUT2D eigenvalue weighted by molar-refractivity contribution is 5.97. The van der Waals surface area contributed by atoms with Crippen molar-refractivity contribution in [2.75, 3.05) is 6.54 Å². The summed E-state index contributed by atoms with van der Waals surface area (Å²) in [5.74, 6) is -1.16. The van der Waals surface area contributed by atoms with E-state index in [0.717, 1.165) is 0 Å². The lowest BCUT2D eigenvalue weighted by atomic mass is 10.2. The first-order valence-corrected chi connectivity index (χ1v) is 4.69. The van der Waals surface area contributed by atoms with Gasteiger partial charge in [0.15, 0.2) is 0 Å². The molecule has 5 N–H and O–H groups in total. The van der Waals surface area contributed by atoms with Crippen LogP contribution in [0.5, 0.6) is 0 Å². The van der Waals surface area contributed by atoms with Crippen molar-refractivity contribution in [2.45, 2.75) is 6.04 Å². The van der Waals surface area contributed by atoms with E-state index >= 15 is 0 Å². The number of hydrogen-bond donors (Lipinski definition) is 4. The molecule has 0 aliphatic rings. The van der Waals surface area contributed by atoms with Crippen LogP contribution >= 0.6 is 0 Å². The molecule has 1 aromatic rings. The zero-order valence-corrected chi connectivity index (χ0v) is 8.51. The summed E-state index contributed by atoms with van der Waals surface area (Å²) in [6.07, 6.45) is 0. The number of nitrogens with one attached hydrogen (secondary N) is 2. The second-order valence-corrected chi connectivity index (χ2v) is 3.10. The Morgan fingerprint density at radius 2 is 1.94 bits per heavy atom. The summed E-state index contributed by atoms with van der Waals surface area (Å²) < 4.78 is 0. The van der Waals surface area contributed by atoms with Gasteiger partial charge in [-0.3, -0.25) is 14.8 Å².